The van der Waals surface area contributed by atoms with Gasteiger partial charge in [0.1, 0.15) is 11.6 Å². The van der Waals surface area contributed by atoms with Crippen molar-refractivity contribution in [2.45, 2.75) is 38.6 Å². The summed E-state index contributed by atoms with van der Waals surface area (Å²) in [6.07, 6.45) is 3.83. The maximum atomic E-state index is 13.4. The molecule has 2 aromatic rings. The molecule has 1 fully saturated rings. The molecule has 1 N–H and O–H groups in total. The number of unbranched alkanes of at least 4 members (excludes halogenated alkanes) is 3. The van der Waals surface area contributed by atoms with E-state index in [1.165, 1.54) is 17.0 Å². The lowest BCUT2D eigenvalue weighted by Gasteiger charge is -2.25. The van der Waals surface area contributed by atoms with E-state index < -0.39 is 23.5 Å². The van der Waals surface area contributed by atoms with Crippen LogP contribution in [0.15, 0.2) is 60.2 Å². The molecule has 146 valence electrons. The molecule has 3 rings (SSSR count). The van der Waals surface area contributed by atoms with E-state index in [1.54, 1.807) is 42.5 Å². The standard InChI is InChI=1S/C23H24FNO3/c1-2-3-4-8-15-25-20(16-11-13-18(24)14-12-16)19(22(27)23(25)28)21(26)17-9-6-5-7-10-17/h5-7,9-14,20,26H,2-4,8,15H2,1H3/b21-19+/t20-/m0/s1. The molecular formula is C23H24FNO3. The van der Waals surface area contributed by atoms with Crippen LogP contribution in [0.25, 0.3) is 5.76 Å². The molecule has 1 aliphatic rings. The van der Waals surface area contributed by atoms with E-state index in [4.69, 9.17) is 0 Å². The Hall–Kier alpha value is -2.95. The summed E-state index contributed by atoms with van der Waals surface area (Å²) in [5, 5.41) is 10.8. The Kier molecular flexibility index (Phi) is 6.24. The number of Topliss-reactive ketones (excluding diaryl/α,β-unsaturated/α-hetero) is 1. The first-order valence-electron chi connectivity index (χ1n) is 9.64. The molecule has 1 amide bonds. The Morgan fingerprint density at radius 3 is 2.32 bits per heavy atom. The van der Waals surface area contributed by atoms with E-state index in [1.807, 2.05) is 0 Å². The zero-order valence-electron chi connectivity index (χ0n) is 15.9. The van der Waals surface area contributed by atoms with E-state index in [0.717, 1.165) is 25.7 Å². The SMILES string of the molecule is CCCCCCN1C(=O)C(=O)/C(=C(/O)c2ccccc2)[C@@H]1c1ccc(F)cc1. The number of hydrogen-bond acceptors (Lipinski definition) is 3. The van der Waals surface area contributed by atoms with Gasteiger partial charge in [0, 0.05) is 12.1 Å². The predicted octanol–water partition coefficient (Wildman–Crippen LogP) is 4.83. The fourth-order valence-electron chi connectivity index (χ4n) is 3.56. The van der Waals surface area contributed by atoms with E-state index >= 15 is 0 Å². The van der Waals surface area contributed by atoms with Gasteiger partial charge in [-0.25, -0.2) is 4.39 Å². The van der Waals surface area contributed by atoms with Crippen LogP contribution < -0.4 is 0 Å². The van der Waals surface area contributed by atoms with Crippen molar-refractivity contribution < 1.29 is 19.1 Å². The first kappa shape index (κ1) is 19.8. The number of carbonyl (C=O) groups excluding carboxylic acids is 2. The molecule has 0 spiro atoms. The largest absolute Gasteiger partial charge is 0.507 e. The van der Waals surface area contributed by atoms with E-state index in [0.29, 0.717) is 17.7 Å². The molecule has 0 saturated carbocycles. The fraction of sp³-hybridized carbons (Fsp3) is 0.304. The van der Waals surface area contributed by atoms with E-state index in [-0.39, 0.29) is 11.3 Å². The maximum Gasteiger partial charge on any atom is 0.295 e. The highest BCUT2D eigenvalue weighted by atomic mass is 19.1. The third-order valence-electron chi connectivity index (χ3n) is 5.03. The van der Waals surface area contributed by atoms with Crippen LogP contribution in [0.3, 0.4) is 0 Å². The van der Waals surface area contributed by atoms with Gasteiger partial charge in [-0.05, 0) is 24.1 Å². The molecule has 1 atom stereocenters. The van der Waals surface area contributed by atoms with Crippen LogP contribution in [0.2, 0.25) is 0 Å². The number of amides is 1. The van der Waals surface area contributed by atoms with E-state index in [9.17, 15) is 19.1 Å². The minimum Gasteiger partial charge on any atom is -0.507 e. The fourth-order valence-corrected chi connectivity index (χ4v) is 3.56. The average Bonchev–Trinajstić information content (AvgIpc) is 2.97. The van der Waals surface area contributed by atoms with E-state index in [2.05, 4.69) is 6.92 Å². The second-order valence-corrected chi connectivity index (χ2v) is 6.97. The quantitative estimate of drug-likeness (QED) is 0.323. The van der Waals surface area contributed by atoms with Crippen LogP contribution in [0.5, 0.6) is 0 Å². The van der Waals surface area contributed by atoms with Gasteiger partial charge in [0.05, 0.1) is 11.6 Å². The van der Waals surface area contributed by atoms with Crippen LogP contribution in [-0.4, -0.2) is 28.2 Å². The first-order chi connectivity index (χ1) is 13.5. The maximum absolute atomic E-state index is 13.4. The van der Waals surface area contributed by atoms with Gasteiger partial charge in [-0.2, -0.15) is 0 Å². The Labute approximate surface area is 164 Å². The summed E-state index contributed by atoms with van der Waals surface area (Å²) >= 11 is 0. The number of nitrogens with zero attached hydrogens (tertiary/aromatic N) is 1. The summed E-state index contributed by atoms with van der Waals surface area (Å²) in [6, 6.07) is 13.7. The van der Waals surface area contributed by atoms with Crippen molar-refractivity contribution in [1.82, 2.24) is 4.90 Å². The third-order valence-corrected chi connectivity index (χ3v) is 5.03. The number of carbonyl (C=O) groups is 2. The van der Waals surface area contributed by atoms with Gasteiger partial charge in [0.15, 0.2) is 0 Å². The number of likely N-dealkylation sites (tertiary alicyclic amines) is 1. The number of benzene rings is 2. The molecule has 1 heterocycles. The minimum absolute atomic E-state index is 0.0540. The molecular weight excluding hydrogens is 357 g/mol. The highest BCUT2D eigenvalue weighted by Gasteiger charge is 2.45. The molecule has 1 saturated heterocycles. The van der Waals surface area contributed by atoms with Crippen molar-refractivity contribution >= 4 is 17.4 Å². The Morgan fingerprint density at radius 1 is 1.00 bits per heavy atom. The van der Waals surface area contributed by atoms with Gasteiger partial charge < -0.3 is 10.0 Å². The lowest BCUT2D eigenvalue weighted by Crippen LogP contribution is -2.30. The molecule has 1 aliphatic heterocycles. The number of halogens is 1. The molecule has 0 aliphatic carbocycles. The number of aliphatic hydroxyl groups is 1. The number of rotatable bonds is 7. The summed E-state index contributed by atoms with van der Waals surface area (Å²) in [4.78, 5) is 27.0. The first-order valence-corrected chi connectivity index (χ1v) is 9.64. The van der Waals surface area contributed by atoms with Gasteiger partial charge in [-0.1, -0.05) is 68.7 Å². The van der Waals surface area contributed by atoms with Crippen molar-refractivity contribution in [3.05, 3.63) is 77.1 Å². The van der Waals surface area contributed by atoms with Crippen LogP contribution in [0.1, 0.15) is 49.8 Å². The number of ketones is 1. The molecule has 0 bridgehead atoms. The molecule has 2 aromatic carbocycles. The second-order valence-electron chi connectivity index (χ2n) is 6.97. The van der Waals surface area contributed by atoms with Crippen molar-refractivity contribution in [3.63, 3.8) is 0 Å². The topological polar surface area (TPSA) is 57.6 Å². The highest BCUT2D eigenvalue weighted by molar-refractivity contribution is 6.46. The summed E-state index contributed by atoms with van der Waals surface area (Å²) < 4.78 is 13.4. The van der Waals surface area contributed by atoms with Crippen LogP contribution in [-0.2, 0) is 9.59 Å². The lowest BCUT2D eigenvalue weighted by atomic mass is 9.95. The second kappa shape index (κ2) is 8.83. The molecule has 0 aromatic heterocycles. The van der Waals surface area contributed by atoms with Gasteiger partial charge in [0.2, 0.25) is 0 Å². The number of hydrogen-bond donors (Lipinski definition) is 1. The zero-order chi connectivity index (χ0) is 20.1. The van der Waals surface area contributed by atoms with Crippen LogP contribution >= 0.6 is 0 Å². The van der Waals surface area contributed by atoms with Crippen molar-refractivity contribution in [1.29, 1.82) is 0 Å². The highest BCUT2D eigenvalue weighted by Crippen LogP contribution is 2.39. The average molecular weight is 381 g/mol. The van der Waals surface area contributed by atoms with Crippen LogP contribution in [0.4, 0.5) is 4.39 Å². The summed E-state index contributed by atoms with van der Waals surface area (Å²) in [5.74, 6) is -1.93. The Balaban J connectivity index is 2.04. The lowest BCUT2D eigenvalue weighted by molar-refractivity contribution is -0.139. The third kappa shape index (κ3) is 3.98. The van der Waals surface area contributed by atoms with Crippen molar-refractivity contribution in [2.24, 2.45) is 0 Å². The molecule has 0 radical (unpaired) electrons. The molecule has 4 nitrogen and oxygen atoms in total. The Bertz CT molecular complexity index is 874. The van der Waals surface area contributed by atoms with Crippen molar-refractivity contribution in [3.8, 4) is 0 Å². The minimum atomic E-state index is -0.720. The summed E-state index contributed by atoms with van der Waals surface area (Å²) in [6.45, 7) is 2.52. The summed E-state index contributed by atoms with van der Waals surface area (Å²) in [5.41, 5.74) is 1.13. The van der Waals surface area contributed by atoms with Gasteiger partial charge in [-0.3, -0.25) is 9.59 Å². The normalized spacial score (nSPS) is 18.6. The van der Waals surface area contributed by atoms with Gasteiger partial charge >= 0.3 is 0 Å². The molecule has 5 heteroatoms. The molecule has 0 unspecified atom stereocenters. The predicted molar refractivity (Wildman–Crippen MR) is 106 cm³/mol. The molecule has 28 heavy (non-hydrogen) atoms. The van der Waals surface area contributed by atoms with Crippen LogP contribution in [0, 0.1) is 5.82 Å². The smallest absolute Gasteiger partial charge is 0.295 e. The van der Waals surface area contributed by atoms with Crippen molar-refractivity contribution in [2.75, 3.05) is 6.54 Å². The van der Waals surface area contributed by atoms with Gasteiger partial charge in [0.25, 0.3) is 11.7 Å². The number of aliphatic hydroxyl groups excluding tert-OH is 1. The summed E-state index contributed by atoms with van der Waals surface area (Å²) in [7, 11) is 0. The zero-order valence-corrected chi connectivity index (χ0v) is 15.9. The monoisotopic (exact) mass is 381 g/mol. The van der Waals surface area contributed by atoms with Gasteiger partial charge in [-0.15, -0.1) is 0 Å². The Morgan fingerprint density at radius 2 is 1.68 bits per heavy atom.